The molecule has 20 heavy (non-hydrogen) atoms. The molecule has 1 aliphatic heterocycles. The van der Waals surface area contributed by atoms with Crippen molar-refractivity contribution in [3.63, 3.8) is 0 Å². The number of ether oxygens (including phenoxy) is 1. The van der Waals surface area contributed by atoms with E-state index in [0.717, 1.165) is 12.6 Å². The van der Waals surface area contributed by atoms with Crippen molar-refractivity contribution in [1.29, 1.82) is 0 Å². The number of anilines is 1. The van der Waals surface area contributed by atoms with Gasteiger partial charge in [-0.1, -0.05) is 0 Å². The number of carbonyl (C=O) groups is 1. The van der Waals surface area contributed by atoms with Crippen LogP contribution in [0, 0.1) is 10.1 Å². The fraction of sp³-hybridized carbons (Fsp3) is 0.417. The number of rotatable bonds is 4. The fourth-order valence-corrected chi connectivity index (χ4v) is 1.94. The van der Waals surface area contributed by atoms with E-state index in [0.29, 0.717) is 13.2 Å². The Bertz CT molecular complexity index is 514. The van der Waals surface area contributed by atoms with Gasteiger partial charge in [0, 0.05) is 13.1 Å². The first-order valence-electron chi connectivity index (χ1n) is 6.16. The van der Waals surface area contributed by atoms with Gasteiger partial charge in [0.05, 0.1) is 30.1 Å². The summed E-state index contributed by atoms with van der Waals surface area (Å²) >= 11 is 0. The van der Waals surface area contributed by atoms with E-state index in [2.05, 4.69) is 10.6 Å². The number of nitro groups is 1. The molecule has 1 aromatic carbocycles. The number of hydrogen-bond donors (Lipinski definition) is 3. The number of hydrogen-bond acceptors (Lipinski definition) is 6. The van der Waals surface area contributed by atoms with Gasteiger partial charge in [0.2, 0.25) is 5.91 Å². The van der Waals surface area contributed by atoms with Crippen molar-refractivity contribution in [1.82, 2.24) is 5.32 Å². The molecule has 2 rings (SSSR count). The number of carbonyl (C=O) groups excluding carboxylic acids is 1. The van der Waals surface area contributed by atoms with Gasteiger partial charge in [0.1, 0.15) is 11.4 Å². The second-order valence-corrected chi connectivity index (χ2v) is 4.41. The van der Waals surface area contributed by atoms with E-state index in [9.17, 15) is 20.0 Å². The van der Waals surface area contributed by atoms with Crippen molar-refractivity contribution in [2.75, 3.05) is 25.0 Å². The molecule has 1 amide bonds. The Morgan fingerprint density at radius 1 is 1.60 bits per heavy atom. The Hall–Kier alpha value is -2.19. The maximum atomic E-state index is 11.8. The van der Waals surface area contributed by atoms with Crippen molar-refractivity contribution >= 4 is 17.3 Å². The van der Waals surface area contributed by atoms with Crippen LogP contribution in [0.2, 0.25) is 0 Å². The molecule has 1 unspecified atom stereocenters. The summed E-state index contributed by atoms with van der Waals surface area (Å²) in [4.78, 5) is 22.0. The molecule has 1 fully saturated rings. The molecule has 1 heterocycles. The van der Waals surface area contributed by atoms with Gasteiger partial charge in [0.15, 0.2) is 0 Å². The van der Waals surface area contributed by atoms with Gasteiger partial charge < -0.3 is 20.5 Å². The molecule has 1 atom stereocenters. The zero-order valence-electron chi connectivity index (χ0n) is 10.7. The minimum Gasteiger partial charge on any atom is -0.508 e. The summed E-state index contributed by atoms with van der Waals surface area (Å²) in [5.41, 5.74) is -0.289. The second-order valence-electron chi connectivity index (χ2n) is 4.41. The third kappa shape index (κ3) is 3.65. The zero-order chi connectivity index (χ0) is 14.5. The van der Waals surface area contributed by atoms with Crippen LogP contribution in [-0.4, -0.2) is 41.7 Å². The average molecular weight is 281 g/mol. The minimum atomic E-state index is -0.659. The molecule has 8 nitrogen and oxygen atoms in total. The van der Waals surface area contributed by atoms with E-state index in [1.807, 2.05) is 0 Å². The number of benzene rings is 1. The molecule has 0 aromatic heterocycles. The number of aromatic hydroxyl groups is 1. The van der Waals surface area contributed by atoms with E-state index in [1.165, 1.54) is 12.1 Å². The molecule has 8 heteroatoms. The van der Waals surface area contributed by atoms with Crippen LogP contribution in [0.1, 0.15) is 6.42 Å². The smallest absolute Gasteiger partial charge is 0.296 e. The SMILES string of the molecule is O=C(CC1CNCCO1)Nc1ccc(O)cc1[N+](=O)[O-]. The van der Waals surface area contributed by atoms with Gasteiger partial charge in [-0.25, -0.2) is 0 Å². The van der Waals surface area contributed by atoms with E-state index in [4.69, 9.17) is 4.74 Å². The van der Waals surface area contributed by atoms with E-state index in [1.54, 1.807) is 0 Å². The monoisotopic (exact) mass is 281 g/mol. The van der Waals surface area contributed by atoms with E-state index < -0.39 is 4.92 Å². The quantitative estimate of drug-likeness (QED) is 0.423. The predicted molar refractivity (Wildman–Crippen MR) is 70.6 cm³/mol. The lowest BCUT2D eigenvalue weighted by atomic mass is 10.2. The highest BCUT2D eigenvalue weighted by atomic mass is 16.6. The lowest BCUT2D eigenvalue weighted by molar-refractivity contribution is -0.384. The Labute approximate surface area is 114 Å². The highest BCUT2D eigenvalue weighted by Crippen LogP contribution is 2.28. The van der Waals surface area contributed by atoms with Crippen LogP contribution < -0.4 is 10.6 Å². The first kappa shape index (κ1) is 14.2. The van der Waals surface area contributed by atoms with Crippen LogP contribution in [0.3, 0.4) is 0 Å². The van der Waals surface area contributed by atoms with E-state index in [-0.39, 0.29) is 35.6 Å². The topological polar surface area (TPSA) is 114 Å². The van der Waals surface area contributed by atoms with Crippen LogP contribution in [0.5, 0.6) is 5.75 Å². The molecule has 0 radical (unpaired) electrons. The third-order valence-electron chi connectivity index (χ3n) is 2.87. The van der Waals surface area contributed by atoms with Crippen molar-refractivity contribution in [3.8, 4) is 5.75 Å². The van der Waals surface area contributed by atoms with E-state index >= 15 is 0 Å². The third-order valence-corrected chi connectivity index (χ3v) is 2.87. The standard InChI is InChI=1S/C12H15N3O5/c16-8-1-2-10(11(5-8)15(18)19)14-12(17)6-9-7-13-3-4-20-9/h1-2,5,9,13,16H,3-4,6-7H2,(H,14,17). The van der Waals surface area contributed by atoms with Crippen molar-refractivity contribution in [2.45, 2.75) is 12.5 Å². The summed E-state index contributed by atoms with van der Waals surface area (Å²) in [6.45, 7) is 1.87. The summed E-state index contributed by atoms with van der Waals surface area (Å²) < 4.78 is 5.39. The van der Waals surface area contributed by atoms with Gasteiger partial charge in [-0.15, -0.1) is 0 Å². The number of amides is 1. The van der Waals surface area contributed by atoms with Crippen LogP contribution >= 0.6 is 0 Å². The molecule has 0 saturated carbocycles. The van der Waals surface area contributed by atoms with Gasteiger partial charge >= 0.3 is 0 Å². The lowest BCUT2D eigenvalue weighted by Gasteiger charge is -2.23. The first-order chi connectivity index (χ1) is 9.56. The van der Waals surface area contributed by atoms with Crippen LogP contribution in [0.25, 0.3) is 0 Å². The van der Waals surface area contributed by atoms with Gasteiger partial charge in [-0.3, -0.25) is 14.9 Å². The maximum Gasteiger partial charge on any atom is 0.296 e. The summed E-state index contributed by atoms with van der Waals surface area (Å²) in [7, 11) is 0. The molecule has 3 N–H and O–H groups in total. The number of nitrogens with one attached hydrogen (secondary N) is 2. The summed E-state index contributed by atoms with van der Waals surface area (Å²) in [5.74, 6) is -0.595. The minimum absolute atomic E-state index is 0.0570. The summed E-state index contributed by atoms with van der Waals surface area (Å²) in [6.07, 6.45) is -0.120. The normalized spacial score (nSPS) is 18.5. The van der Waals surface area contributed by atoms with Crippen LogP contribution in [0.15, 0.2) is 18.2 Å². The van der Waals surface area contributed by atoms with Gasteiger partial charge in [-0.05, 0) is 12.1 Å². The zero-order valence-corrected chi connectivity index (χ0v) is 10.7. The molecule has 108 valence electrons. The first-order valence-corrected chi connectivity index (χ1v) is 6.16. The molecule has 0 bridgehead atoms. The van der Waals surface area contributed by atoms with Crippen LogP contribution in [-0.2, 0) is 9.53 Å². The molecular weight excluding hydrogens is 266 g/mol. The van der Waals surface area contributed by atoms with Crippen molar-refractivity contribution < 1.29 is 19.6 Å². The predicted octanol–water partition coefficient (Wildman–Crippen LogP) is 0.617. The number of phenols is 1. The van der Waals surface area contributed by atoms with Crippen LogP contribution in [0.4, 0.5) is 11.4 Å². The van der Waals surface area contributed by atoms with Crippen molar-refractivity contribution in [2.24, 2.45) is 0 Å². The summed E-state index contributed by atoms with van der Waals surface area (Å²) in [6, 6.07) is 3.57. The molecule has 1 saturated heterocycles. The maximum absolute atomic E-state index is 11.8. The molecule has 0 aliphatic carbocycles. The summed E-state index contributed by atoms with van der Waals surface area (Å²) in [5, 5.41) is 25.7. The highest BCUT2D eigenvalue weighted by Gasteiger charge is 2.20. The Kier molecular flexibility index (Phi) is 4.49. The second kappa shape index (κ2) is 6.31. The highest BCUT2D eigenvalue weighted by molar-refractivity contribution is 5.93. The molecule has 0 spiro atoms. The number of morpholine rings is 1. The number of nitrogens with zero attached hydrogens (tertiary/aromatic N) is 1. The number of phenolic OH excluding ortho intramolecular Hbond substituents is 1. The average Bonchev–Trinajstić information content (AvgIpc) is 2.41. The van der Waals surface area contributed by atoms with Gasteiger partial charge in [-0.2, -0.15) is 0 Å². The Morgan fingerprint density at radius 2 is 2.40 bits per heavy atom. The fourth-order valence-electron chi connectivity index (χ4n) is 1.94. The lowest BCUT2D eigenvalue weighted by Crippen LogP contribution is -2.40. The Balaban J connectivity index is 2.01. The van der Waals surface area contributed by atoms with Gasteiger partial charge in [0.25, 0.3) is 5.69 Å². The largest absolute Gasteiger partial charge is 0.508 e. The van der Waals surface area contributed by atoms with Crippen molar-refractivity contribution in [3.05, 3.63) is 28.3 Å². The molecule has 1 aromatic rings. The molecule has 1 aliphatic rings. The molecular formula is C12H15N3O5. The Morgan fingerprint density at radius 3 is 3.05 bits per heavy atom. The number of nitro benzene ring substituents is 1.